The third-order valence-electron chi connectivity index (χ3n) is 3.60. The van der Waals surface area contributed by atoms with E-state index in [4.69, 9.17) is 0 Å². The van der Waals surface area contributed by atoms with Crippen LogP contribution in [0.3, 0.4) is 0 Å². The summed E-state index contributed by atoms with van der Waals surface area (Å²) in [5.74, 6) is -0.695. The zero-order valence-electron chi connectivity index (χ0n) is 15.2. The van der Waals surface area contributed by atoms with Crippen LogP contribution in [0, 0.1) is 11.3 Å². The maximum Gasteiger partial charge on any atom is 0.283 e. The standard InChI is InChI=1S/C16H17F2N5O3S2/c1-4-9(2)27-16-12(7-19)14(15(17)18)21-23(16)13-6-5-11(8-20-13)28(25,26)22-10(3)24/h5-6,8-9,15H,4H2,1-3H3,(H,22,24). The van der Waals surface area contributed by atoms with Crippen LogP contribution in [-0.4, -0.2) is 34.3 Å². The number of carbonyl (C=O) groups excluding carboxylic acids is 1. The van der Waals surface area contributed by atoms with Gasteiger partial charge in [0.25, 0.3) is 16.4 Å². The highest BCUT2D eigenvalue weighted by Gasteiger charge is 2.27. The third kappa shape index (κ3) is 4.66. The molecule has 0 aliphatic heterocycles. The van der Waals surface area contributed by atoms with Crippen molar-refractivity contribution in [1.29, 1.82) is 5.26 Å². The molecule has 0 saturated heterocycles. The van der Waals surface area contributed by atoms with Crippen LogP contribution in [0.5, 0.6) is 0 Å². The zero-order chi connectivity index (χ0) is 21.1. The first-order valence-electron chi connectivity index (χ1n) is 8.08. The van der Waals surface area contributed by atoms with Crippen LogP contribution in [0.1, 0.15) is 44.9 Å². The number of nitrogens with zero attached hydrogens (tertiary/aromatic N) is 4. The molecule has 1 N–H and O–H groups in total. The predicted octanol–water partition coefficient (Wildman–Crippen LogP) is 2.79. The molecule has 0 saturated carbocycles. The lowest BCUT2D eigenvalue weighted by atomic mass is 10.3. The van der Waals surface area contributed by atoms with E-state index >= 15 is 0 Å². The van der Waals surface area contributed by atoms with Crippen LogP contribution in [0.4, 0.5) is 8.78 Å². The maximum atomic E-state index is 13.3. The fraction of sp³-hybridized carbons (Fsp3) is 0.375. The number of hydrogen-bond acceptors (Lipinski definition) is 7. The lowest BCUT2D eigenvalue weighted by Gasteiger charge is -2.11. The van der Waals surface area contributed by atoms with E-state index in [0.717, 1.165) is 24.2 Å². The molecule has 1 atom stereocenters. The van der Waals surface area contributed by atoms with E-state index < -0.39 is 28.0 Å². The van der Waals surface area contributed by atoms with Crippen molar-refractivity contribution in [3.8, 4) is 11.9 Å². The number of nitrogens with one attached hydrogen (secondary N) is 1. The summed E-state index contributed by atoms with van der Waals surface area (Å²) >= 11 is 1.20. The van der Waals surface area contributed by atoms with Gasteiger partial charge in [-0.2, -0.15) is 10.4 Å². The Hall–Kier alpha value is -2.52. The van der Waals surface area contributed by atoms with Crippen molar-refractivity contribution in [2.45, 2.75) is 48.8 Å². The fourth-order valence-electron chi connectivity index (χ4n) is 2.12. The number of carbonyl (C=O) groups is 1. The number of thioether (sulfide) groups is 1. The average Bonchev–Trinajstić information content (AvgIpc) is 2.99. The number of halogens is 2. The Balaban J connectivity index is 2.55. The summed E-state index contributed by atoms with van der Waals surface area (Å²) < 4.78 is 53.5. The van der Waals surface area contributed by atoms with Gasteiger partial charge in [0.2, 0.25) is 5.91 Å². The Labute approximate surface area is 165 Å². The van der Waals surface area contributed by atoms with E-state index in [1.165, 1.54) is 23.9 Å². The van der Waals surface area contributed by atoms with Gasteiger partial charge in [0.1, 0.15) is 27.2 Å². The van der Waals surface area contributed by atoms with Crippen LogP contribution >= 0.6 is 11.8 Å². The van der Waals surface area contributed by atoms with E-state index in [1.54, 1.807) is 10.8 Å². The fourth-order valence-corrected chi connectivity index (χ4v) is 4.10. The largest absolute Gasteiger partial charge is 0.283 e. The summed E-state index contributed by atoms with van der Waals surface area (Å²) in [5, 5.41) is 13.4. The van der Waals surface area contributed by atoms with Crippen LogP contribution in [0.2, 0.25) is 0 Å². The molecule has 28 heavy (non-hydrogen) atoms. The molecule has 8 nitrogen and oxygen atoms in total. The zero-order valence-corrected chi connectivity index (χ0v) is 16.8. The SMILES string of the molecule is CCC(C)Sc1c(C#N)c(C(F)F)nn1-c1ccc(S(=O)(=O)NC(C)=O)cn1. The molecule has 0 spiro atoms. The molecule has 2 rings (SSSR count). The Morgan fingerprint density at radius 2 is 2.11 bits per heavy atom. The van der Waals surface area contributed by atoms with Gasteiger partial charge in [0.05, 0.1) is 0 Å². The topological polar surface area (TPSA) is 118 Å². The van der Waals surface area contributed by atoms with Gasteiger partial charge in [0, 0.05) is 18.4 Å². The highest BCUT2D eigenvalue weighted by Crippen LogP contribution is 2.35. The molecule has 1 unspecified atom stereocenters. The Kier molecular flexibility index (Phi) is 6.73. The van der Waals surface area contributed by atoms with E-state index in [-0.39, 0.29) is 26.6 Å². The molecular weight excluding hydrogens is 412 g/mol. The van der Waals surface area contributed by atoms with Crippen molar-refractivity contribution >= 4 is 27.7 Å². The highest BCUT2D eigenvalue weighted by atomic mass is 32.2. The second-order valence-corrected chi connectivity index (χ2v) is 8.85. The van der Waals surface area contributed by atoms with Crippen molar-refractivity contribution < 1.29 is 22.0 Å². The molecule has 0 radical (unpaired) electrons. The van der Waals surface area contributed by atoms with Gasteiger partial charge in [-0.3, -0.25) is 4.79 Å². The Morgan fingerprint density at radius 1 is 1.43 bits per heavy atom. The van der Waals surface area contributed by atoms with Crippen LogP contribution in [-0.2, 0) is 14.8 Å². The Bertz CT molecular complexity index is 1010. The molecule has 2 aromatic heterocycles. The molecule has 150 valence electrons. The molecule has 2 aromatic rings. The molecule has 2 heterocycles. The van der Waals surface area contributed by atoms with Crippen molar-refractivity contribution in [3.05, 3.63) is 29.6 Å². The first-order chi connectivity index (χ1) is 13.1. The molecule has 1 amide bonds. The Morgan fingerprint density at radius 3 is 2.57 bits per heavy atom. The number of nitriles is 1. The third-order valence-corrected chi connectivity index (χ3v) is 6.36. The number of alkyl halides is 2. The quantitative estimate of drug-likeness (QED) is 0.673. The van der Waals surface area contributed by atoms with Crippen LogP contribution < -0.4 is 4.72 Å². The number of hydrogen-bond donors (Lipinski definition) is 1. The predicted molar refractivity (Wildman–Crippen MR) is 97.6 cm³/mol. The molecular formula is C16H17F2N5O3S2. The summed E-state index contributed by atoms with van der Waals surface area (Å²) in [6.45, 7) is 4.84. The average molecular weight is 429 g/mol. The second-order valence-electron chi connectivity index (χ2n) is 5.74. The molecule has 0 fully saturated rings. The summed E-state index contributed by atoms with van der Waals surface area (Å²) in [6.07, 6.45) is -1.24. The highest BCUT2D eigenvalue weighted by molar-refractivity contribution is 7.99. The van der Waals surface area contributed by atoms with Gasteiger partial charge >= 0.3 is 0 Å². The van der Waals surface area contributed by atoms with Gasteiger partial charge < -0.3 is 0 Å². The molecule has 0 aromatic carbocycles. The lowest BCUT2D eigenvalue weighted by molar-refractivity contribution is -0.117. The van der Waals surface area contributed by atoms with Gasteiger partial charge in [-0.05, 0) is 18.6 Å². The second kappa shape index (κ2) is 8.66. The molecule has 12 heteroatoms. The van der Waals surface area contributed by atoms with Crippen molar-refractivity contribution in [2.24, 2.45) is 0 Å². The van der Waals surface area contributed by atoms with E-state index in [2.05, 4.69) is 10.1 Å². The van der Waals surface area contributed by atoms with E-state index in [0.29, 0.717) is 0 Å². The van der Waals surface area contributed by atoms with Gasteiger partial charge in [-0.15, -0.1) is 11.8 Å². The minimum atomic E-state index is -4.08. The minimum absolute atomic E-state index is 0.0208. The molecule has 0 bridgehead atoms. The molecule has 0 aliphatic carbocycles. The maximum absolute atomic E-state index is 13.3. The van der Waals surface area contributed by atoms with Crippen molar-refractivity contribution in [2.75, 3.05) is 0 Å². The van der Waals surface area contributed by atoms with E-state index in [1.807, 2.05) is 13.8 Å². The van der Waals surface area contributed by atoms with E-state index in [9.17, 15) is 27.3 Å². The summed E-state index contributed by atoms with van der Waals surface area (Å²) in [7, 11) is -4.08. The summed E-state index contributed by atoms with van der Waals surface area (Å²) in [6, 6.07) is 4.20. The first-order valence-corrected chi connectivity index (χ1v) is 10.4. The number of pyridine rings is 1. The summed E-state index contributed by atoms with van der Waals surface area (Å²) in [5.41, 5.74) is -0.901. The number of sulfonamides is 1. The van der Waals surface area contributed by atoms with Crippen LogP contribution in [0.15, 0.2) is 28.3 Å². The van der Waals surface area contributed by atoms with Gasteiger partial charge in [-0.1, -0.05) is 13.8 Å². The van der Waals surface area contributed by atoms with Gasteiger partial charge in [-0.25, -0.2) is 31.6 Å². The summed E-state index contributed by atoms with van der Waals surface area (Å²) in [4.78, 5) is 14.7. The number of aromatic nitrogens is 3. The smallest absolute Gasteiger partial charge is 0.274 e. The first kappa shape index (κ1) is 21.8. The minimum Gasteiger partial charge on any atom is -0.274 e. The lowest BCUT2D eigenvalue weighted by Crippen LogP contribution is -2.28. The molecule has 0 aliphatic rings. The van der Waals surface area contributed by atoms with Crippen molar-refractivity contribution in [3.63, 3.8) is 0 Å². The van der Waals surface area contributed by atoms with Gasteiger partial charge in [0.15, 0.2) is 5.82 Å². The number of rotatable bonds is 7. The normalized spacial score (nSPS) is 12.6. The van der Waals surface area contributed by atoms with Crippen LogP contribution in [0.25, 0.3) is 5.82 Å². The number of amides is 1. The van der Waals surface area contributed by atoms with Crippen molar-refractivity contribution in [1.82, 2.24) is 19.5 Å². The monoisotopic (exact) mass is 429 g/mol.